The topological polar surface area (TPSA) is 42.1 Å². The zero-order chi connectivity index (χ0) is 10.0. The van der Waals surface area contributed by atoms with Gasteiger partial charge in [0.2, 0.25) is 5.56 Å². The van der Waals surface area contributed by atoms with Gasteiger partial charge in [0.25, 0.3) is 6.43 Å². The summed E-state index contributed by atoms with van der Waals surface area (Å²) in [6.45, 7) is 1.51. The fourth-order valence-electron chi connectivity index (χ4n) is 1.13. The second-order valence-corrected chi connectivity index (χ2v) is 2.55. The SMILES string of the molecule is COc1c(C(F)F)cc(=O)[nH]c1C. The Bertz CT molecular complexity index is 360. The maximum Gasteiger partial charge on any atom is 0.267 e. The van der Waals surface area contributed by atoms with Crippen molar-refractivity contribution in [1.82, 2.24) is 4.98 Å². The van der Waals surface area contributed by atoms with E-state index < -0.39 is 12.0 Å². The summed E-state index contributed by atoms with van der Waals surface area (Å²) in [6, 6.07) is 0.844. The molecule has 0 aliphatic carbocycles. The Labute approximate surface area is 73.4 Å². The zero-order valence-electron chi connectivity index (χ0n) is 7.23. The highest BCUT2D eigenvalue weighted by molar-refractivity contribution is 5.36. The summed E-state index contributed by atoms with van der Waals surface area (Å²) in [5.41, 5.74) is -0.609. The molecule has 1 rings (SSSR count). The number of halogens is 2. The molecule has 3 nitrogen and oxygen atoms in total. The van der Waals surface area contributed by atoms with Crippen molar-refractivity contribution in [3.05, 3.63) is 27.7 Å². The number of methoxy groups -OCH3 is 1. The molecule has 0 saturated heterocycles. The molecule has 13 heavy (non-hydrogen) atoms. The molecule has 1 N–H and O–H groups in total. The number of hydrogen-bond donors (Lipinski definition) is 1. The number of alkyl halides is 2. The number of aromatic amines is 1. The minimum Gasteiger partial charge on any atom is -0.494 e. The number of rotatable bonds is 2. The maximum absolute atomic E-state index is 12.3. The fourth-order valence-corrected chi connectivity index (χ4v) is 1.13. The number of nitrogens with one attached hydrogen (secondary N) is 1. The third-order valence-electron chi connectivity index (χ3n) is 1.64. The Hall–Kier alpha value is -1.39. The van der Waals surface area contributed by atoms with Gasteiger partial charge in [-0.15, -0.1) is 0 Å². The van der Waals surface area contributed by atoms with E-state index in [1.54, 1.807) is 0 Å². The quantitative estimate of drug-likeness (QED) is 0.768. The van der Waals surface area contributed by atoms with Crippen LogP contribution in [0.25, 0.3) is 0 Å². The monoisotopic (exact) mass is 189 g/mol. The number of hydrogen-bond acceptors (Lipinski definition) is 2. The highest BCUT2D eigenvalue weighted by atomic mass is 19.3. The van der Waals surface area contributed by atoms with E-state index >= 15 is 0 Å². The van der Waals surface area contributed by atoms with Gasteiger partial charge in [0, 0.05) is 6.07 Å². The van der Waals surface area contributed by atoms with Crippen molar-refractivity contribution in [3.8, 4) is 5.75 Å². The van der Waals surface area contributed by atoms with E-state index in [9.17, 15) is 13.6 Å². The van der Waals surface area contributed by atoms with E-state index in [1.165, 1.54) is 14.0 Å². The highest BCUT2D eigenvalue weighted by Crippen LogP contribution is 2.28. The van der Waals surface area contributed by atoms with Crippen molar-refractivity contribution in [1.29, 1.82) is 0 Å². The zero-order valence-corrected chi connectivity index (χ0v) is 7.23. The van der Waals surface area contributed by atoms with Gasteiger partial charge in [-0.3, -0.25) is 4.79 Å². The van der Waals surface area contributed by atoms with Crippen LogP contribution in [-0.2, 0) is 0 Å². The van der Waals surface area contributed by atoms with Crippen LogP contribution in [0.5, 0.6) is 5.75 Å². The van der Waals surface area contributed by atoms with Gasteiger partial charge in [0.05, 0.1) is 18.4 Å². The average Bonchev–Trinajstić information content (AvgIpc) is 2.02. The van der Waals surface area contributed by atoms with E-state index in [0.717, 1.165) is 6.07 Å². The van der Waals surface area contributed by atoms with Crippen LogP contribution >= 0.6 is 0 Å². The van der Waals surface area contributed by atoms with Crippen molar-refractivity contribution in [3.63, 3.8) is 0 Å². The van der Waals surface area contributed by atoms with Crippen LogP contribution in [0, 0.1) is 6.92 Å². The molecule has 0 atom stereocenters. The molecule has 72 valence electrons. The van der Waals surface area contributed by atoms with Crippen LogP contribution in [-0.4, -0.2) is 12.1 Å². The molecule has 0 saturated carbocycles. The summed E-state index contributed by atoms with van der Waals surface area (Å²) < 4.78 is 29.4. The third-order valence-corrected chi connectivity index (χ3v) is 1.64. The van der Waals surface area contributed by atoms with Crippen molar-refractivity contribution in [2.24, 2.45) is 0 Å². The van der Waals surface area contributed by atoms with Crippen LogP contribution < -0.4 is 10.3 Å². The molecule has 1 heterocycles. The number of H-pyrrole nitrogens is 1. The van der Waals surface area contributed by atoms with Gasteiger partial charge in [-0.1, -0.05) is 0 Å². The van der Waals surface area contributed by atoms with Gasteiger partial charge in [-0.25, -0.2) is 8.78 Å². The molecule has 1 aromatic heterocycles. The second kappa shape index (κ2) is 3.55. The van der Waals surface area contributed by atoms with E-state index in [-0.39, 0.29) is 11.3 Å². The summed E-state index contributed by atoms with van der Waals surface area (Å²) in [5.74, 6) is 0.0367. The first-order valence-electron chi connectivity index (χ1n) is 3.62. The smallest absolute Gasteiger partial charge is 0.267 e. The van der Waals surface area contributed by atoms with Crippen molar-refractivity contribution >= 4 is 0 Å². The minimum absolute atomic E-state index is 0.0367. The Kier molecular flexibility index (Phi) is 2.65. The Morgan fingerprint density at radius 2 is 2.15 bits per heavy atom. The van der Waals surface area contributed by atoms with Gasteiger partial charge in [-0.05, 0) is 6.92 Å². The molecule has 0 aliphatic rings. The normalized spacial score (nSPS) is 10.5. The molecule has 0 bridgehead atoms. The number of aromatic nitrogens is 1. The number of ether oxygens (including phenoxy) is 1. The molecule has 5 heteroatoms. The maximum atomic E-state index is 12.3. The van der Waals surface area contributed by atoms with Crippen molar-refractivity contribution < 1.29 is 13.5 Å². The fraction of sp³-hybridized carbons (Fsp3) is 0.375. The molecule has 1 aromatic rings. The number of pyridine rings is 1. The molecule has 0 aliphatic heterocycles. The van der Waals surface area contributed by atoms with Crippen molar-refractivity contribution in [2.75, 3.05) is 7.11 Å². The Balaban J connectivity index is 3.38. The molecular formula is C8H9F2NO2. The third kappa shape index (κ3) is 1.85. The van der Waals surface area contributed by atoms with Crippen LogP contribution in [0.1, 0.15) is 17.7 Å². The molecule has 0 aromatic carbocycles. The predicted molar refractivity (Wildman–Crippen MR) is 43.3 cm³/mol. The largest absolute Gasteiger partial charge is 0.494 e. The Morgan fingerprint density at radius 3 is 2.62 bits per heavy atom. The lowest BCUT2D eigenvalue weighted by Gasteiger charge is -2.09. The first-order valence-corrected chi connectivity index (χ1v) is 3.62. The van der Waals surface area contributed by atoms with E-state index in [1.807, 2.05) is 0 Å². The lowest BCUT2D eigenvalue weighted by molar-refractivity contribution is 0.146. The lowest BCUT2D eigenvalue weighted by atomic mass is 10.2. The molecule has 0 unspecified atom stereocenters. The van der Waals surface area contributed by atoms with Crippen LogP contribution in [0.3, 0.4) is 0 Å². The van der Waals surface area contributed by atoms with Gasteiger partial charge in [-0.2, -0.15) is 0 Å². The summed E-state index contributed by atoms with van der Waals surface area (Å²) in [6.07, 6.45) is -2.70. The van der Waals surface area contributed by atoms with Crippen LogP contribution in [0.2, 0.25) is 0 Å². The first-order chi connectivity index (χ1) is 6.06. The molecule has 0 fully saturated rings. The average molecular weight is 189 g/mol. The summed E-state index contributed by atoms with van der Waals surface area (Å²) in [4.78, 5) is 13.2. The molecular weight excluding hydrogens is 180 g/mol. The summed E-state index contributed by atoms with van der Waals surface area (Å²) in [7, 11) is 1.28. The number of aryl methyl sites for hydroxylation is 1. The van der Waals surface area contributed by atoms with E-state index in [0.29, 0.717) is 5.69 Å². The minimum atomic E-state index is -2.70. The van der Waals surface area contributed by atoms with E-state index in [2.05, 4.69) is 4.98 Å². The van der Waals surface area contributed by atoms with Gasteiger partial charge in [0.15, 0.2) is 0 Å². The lowest BCUT2D eigenvalue weighted by Crippen LogP contribution is -2.10. The molecule has 0 amide bonds. The highest BCUT2D eigenvalue weighted by Gasteiger charge is 2.16. The van der Waals surface area contributed by atoms with E-state index in [4.69, 9.17) is 4.74 Å². The summed E-state index contributed by atoms with van der Waals surface area (Å²) >= 11 is 0. The van der Waals surface area contributed by atoms with Crippen molar-refractivity contribution in [2.45, 2.75) is 13.3 Å². The first kappa shape index (κ1) is 9.70. The predicted octanol–water partition coefficient (Wildman–Crippen LogP) is 1.63. The van der Waals surface area contributed by atoms with Gasteiger partial charge < -0.3 is 9.72 Å². The van der Waals surface area contributed by atoms with Crippen LogP contribution in [0.4, 0.5) is 8.78 Å². The van der Waals surface area contributed by atoms with Gasteiger partial charge in [0.1, 0.15) is 5.75 Å². The standard InChI is InChI=1S/C8H9F2NO2/c1-4-7(13-2)5(8(9)10)3-6(12)11-4/h3,8H,1-2H3,(H,11,12). The second-order valence-electron chi connectivity index (χ2n) is 2.55. The molecule has 0 radical (unpaired) electrons. The van der Waals surface area contributed by atoms with Gasteiger partial charge >= 0.3 is 0 Å². The molecule has 0 spiro atoms. The van der Waals surface area contributed by atoms with Crippen LogP contribution in [0.15, 0.2) is 10.9 Å². The Morgan fingerprint density at radius 1 is 1.54 bits per heavy atom. The summed E-state index contributed by atoms with van der Waals surface area (Å²) in [5, 5.41) is 0.